The first-order chi connectivity index (χ1) is 14.5. The molecule has 7 heteroatoms. The zero-order valence-corrected chi connectivity index (χ0v) is 16.6. The van der Waals surface area contributed by atoms with Crippen LogP contribution in [0.4, 0.5) is 0 Å². The molecule has 2 N–H and O–H groups in total. The second-order valence-corrected chi connectivity index (χ2v) is 6.90. The molecule has 3 heterocycles. The van der Waals surface area contributed by atoms with Gasteiger partial charge >= 0.3 is 0 Å². The van der Waals surface area contributed by atoms with E-state index in [1.165, 1.54) is 0 Å². The first kappa shape index (κ1) is 19.3. The molecule has 0 saturated carbocycles. The molecule has 4 rings (SSSR count). The predicted octanol–water partition coefficient (Wildman–Crippen LogP) is 4.23. The van der Waals surface area contributed by atoms with Crippen molar-refractivity contribution in [3.8, 4) is 40.3 Å². The van der Waals surface area contributed by atoms with Crippen LogP contribution in [0.5, 0.6) is 11.6 Å². The normalized spacial score (nSPS) is 11.7. The number of nitrogens with zero attached hydrogens (tertiary/aromatic N) is 5. The number of aryl methyl sites for hydroxylation is 1. The molecule has 0 aliphatic heterocycles. The van der Waals surface area contributed by atoms with Gasteiger partial charge in [-0.3, -0.25) is 9.97 Å². The Bertz CT molecular complexity index is 1210. The summed E-state index contributed by atoms with van der Waals surface area (Å²) in [5.74, 6) is 1.05. The lowest BCUT2D eigenvalue weighted by Crippen LogP contribution is -2.05. The van der Waals surface area contributed by atoms with Gasteiger partial charge in [0, 0.05) is 37.1 Å². The van der Waals surface area contributed by atoms with Crippen LogP contribution in [0.25, 0.3) is 22.6 Å². The molecule has 0 spiro atoms. The van der Waals surface area contributed by atoms with E-state index in [0.29, 0.717) is 22.9 Å². The Kier molecular flexibility index (Phi) is 5.24. The molecule has 0 aliphatic rings. The van der Waals surface area contributed by atoms with E-state index in [4.69, 9.17) is 10.5 Å². The third kappa shape index (κ3) is 3.90. The van der Waals surface area contributed by atoms with Crippen molar-refractivity contribution in [3.63, 3.8) is 0 Å². The van der Waals surface area contributed by atoms with Crippen LogP contribution in [0.2, 0.25) is 0 Å². The molecule has 0 bridgehead atoms. The Morgan fingerprint density at radius 2 is 1.90 bits per heavy atom. The number of ether oxygens (including phenoxy) is 1. The second-order valence-electron chi connectivity index (χ2n) is 6.90. The highest BCUT2D eigenvalue weighted by molar-refractivity contribution is 5.69. The minimum atomic E-state index is -0.0947. The highest BCUT2D eigenvalue weighted by Gasteiger charge is 2.15. The van der Waals surface area contributed by atoms with Gasteiger partial charge in [0.05, 0.1) is 23.0 Å². The van der Waals surface area contributed by atoms with Crippen LogP contribution in [-0.2, 0) is 7.05 Å². The van der Waals surface area contributed by atoms with Crippen LogP contribution in [-0.4, -0.2) is 19.7 Å². The van der Waals surface area contributed by atoms with Crippen LogP contribution in [0.3, 0.4) is 0 Å². The molecule has 1 atom stereocenters. The van der Waals surface area contributed by atoms with Gasteiger partial charge in [0.2, 0.25) is 5.88 Å². The molecule has 148 valence electrons. The molecule has 1 unspecified atom stereocenters. The van der Waals surface area contributed by atoms with Gasteiger partial charge in [0.15, 0.2) is 0 Å². The zero-order valence-electron chi connectivity index (χ0n) is 16.6. The van der Waals surface area contributed by atoms with Gasteiger partial charge in [0.25, 0.3) is 0 Å². The summed E-state index contributed by atoms with van der Waals surface area (Å²) in [5, 5.41) is 13.8. The van der Waals surface area contributed by atoms with E-state index in [9.17, 15) is 5.26 Å². The SMILES string of the molecule is CC(N)c1ccc(-c2ccc(C#N)cc2Oc2cc(-c3ccccn3)nn2C)nc1. The number of hydrogen-bond acceptors (Lipinski definition) is 6. The highest BCUT2D eigenvalue weighted by atomic mass is 16.5. The number of benzene rings is 1. The molecule has 0 aliphatic carbocycles. The van der Waals surface area contributed by atoms with Gasteiger partial charge in [0.1, 0.15) is 11.4 Å². The first-order valence-corrected chi connectivity index (χ1v) is 9.44. The Morgan fingerprint density at radius 1 is 1.03 bits per heavy atom. The van der Waals surface area contributed by atoms with E-state index >= 15 is 0 Å². The smallest absolute Gasteiger partial charge is 0.218 e. The third-order valence-corrected chi connectivity index (χ3v) is 4.68. The number of hydrogen-bond donors (Lipinski definition) is 1. The molecule has 0 saturated heterocycles. The van der Waals surface area contributed by atoms with Crippen molar-refractivity contribution < 1.29 is 4.74 Å². The molecule has 0 radical (unpaired) electrons. The van der Waals surface area contributed by atoms with Gasteiger partial charge in [-0.1, -0.05) is 12.1 Å². The van der Waals surface area contributed by atoms with E-state index in [1.807, 2.05) is 49.4 Å². The summed E-state index contributed by atoms with van der Waals surface area (Å²) < 4.78 is 7.81. The summed E-state index contributed by atoms with van der Waals surface area (Å²) in [6.07, 6.45) is 3.47. The minimum Gasteiger partial charge on any atom is -0.439 e. The monoisotopic (exact) mass is 396 g/mol. The third-order valence-electron chi connectivity index (χ3n) is 4.68. The Morgan fingerprint density at radius 3 is 2.57 bits per heavy atom. The van der Waals surface area contributed by atoms with Crippen molar-refractivity contribution in [3.05, 3.63) is 78.1 Å². The fourth-order valence-electron chi connectivity index (χ4n) is 3.02. The van der Waals surface area contributed by atoms with Crippen LogP contribution >= 0.6 is 0 Å². The molecule has 0 amide bonds. The highest BCUT2D eigenvalue weighted by Crippen LogP contribution is 2.34. The summed E-state index contributed by atoms with van der Waals surface area (Å²) in [5.41, 5.74) is 10.3. The Hall–Kier alpha value is -4.02. The van der Waals surface area contributed by atoms with E-state index < -0.39 is 0 Å². The van der Waals surface area contributed by atoms with E-state index in [1.54, 1.807) is 36.3 Å². The lowest BCUT2D eigenvalue weighted by molar-refractivity contribution is 0.432. The summed E-state index contributed by atoms with van der Waals surface area (Å²) in [6, 6.07) is 18.6. The van der Waals surface area contributed by atoms with Crippen molar-refractivity contribution in [1.82, 2.24) is 19.7 Å². The maximum absolute atomic E-state index is 9.33. The standard InChI is InChI=1S/C23H20N6O/c1-15(25)17-7-9-19(27-14-17)18-8-6-16(13-24)11-22(18)30-23-12-21(28-29(23)2)20-5-3-4-10-26-20/h3-12,14-15H,25H2,1-2H3. The van der Waals surface area contributed by atoms with Crippen molar-refractivity contribution >= 4 is 0 Å². The van der Waals surface area contributed by atoms with Crippen molar-refractivity contribution in [2.45, 2.75) is 13.0 Å². The number of pyridine rings is 2. The summed E-state index contributed by atoms with van der Waals surface area (Å²) in [7, 11) is 1.80. The molecule has 30 heavy (non-hydrogen) atoms. The fourth-order valence-corrected chi connectivity index (χ4v) is 3.02. The largest absolute Gasteiger partial charge is 0.439 e. The Balaban J connectivity index is 1.72. The van der Waals surface area contributed by atoms with Gasteiger partial charge in [-0.25, -0.2) is 4.68 Å². The second kappa shape index (κ2) is 8.15. The number of aromatic nitrogens is 4. The molecule has 3 aromatic heterocycles. The first-order valence-electron chi connectivity index (χ1n) is 9.44. The van der Waals surface area contributed by atoms with Crippen LogP contribution in [0.1, 0.15) is 24.1 Å². The Labute approximate surface area is 174 Å². The fraction of sp³-hybridized carbons (Fsp3) is 0.130. The van der Waals surface area contributed by atoms with Crippen LogP contribution < -0.4 is 10.5 Å². The summed E-state index contributed by atoms with van der Waals surface area (Å²) >= 11 is 0. The van der Waals surface area contributed by atoms with Crippen LogP contribution in [0.15, 0.2) is 67.0 Å². The average molecular weight is 396 g/mol. The van der Waals surface area contributed by atoms with Gasteiger partial charge in [-0.2, -0.15) is 10.4 Å². The number of nitrogens with two attached hydrogens (primary N) is 1. The van der Waals surface area contributed by atoms with E-state index in [0.717, 1.165) is 22.5 Å². The average Bonchev–Trinajstić information content (AvgIpc) is 3.14. The lowest BCUT2D eigenvalue weighted by atomic mass is 10.1. The lowest BCUT2D eigenvalue weighted by Gasteiger charge is -2.12. The van der Waals surface area contributed by atoms with Gasteiger partial charge in [-0.05, 0) is 48.9 Å². The number of rotatable bonds is 5. The van der Waals surface area contributed by atoms with Crippen molar-refractivity contribution in [2.75, 3.05) is 0 Å². The summed E-state index contributed by atoms with van der Waals surface area (Å²) in [4.78, 5) is 8.86. The molecule has 0 fully saturated rings. The van der Waals surface area contributed by atoms with Crippen molar-refractivity contribution in [2.24, 2.45) is 12.8 Å². The molecular formula is C23H20N6O. The van der Waals surface area contributed by atoms with Crippen molar-refractivity contribution in [1.29, 1.82) is 5.26 Å². The van der Waals surface area contributed by atoms with E-state index in [2.05, 4.69) is 21.1 Å². The quantitative estimate of drug-likeness (QED) is 0.541. The maximum atomic E-state index is 9.33. The van der Waals surface area contributed by atoms with E-state index in [-0.39, 0.29) is 6.04 Å². The van der Waals surface area contributed by atoms with Gasteiger partial charge < -0.3 is 10.5 Å². The van der Waals surface area contributed by atoms with Gasteiger partial charge in [-0.15, -0.1) is 0 Å². The topological polar surface area (TPSA) is 103 Å². The predicted molar refractivity (Wildman–Crippen MR) is 114 cm³/mol. The maximum Gasteiger partial charge on any atom is 0.218 e. The molecule has 1 aromatic carbocycles. The zero-order chi connectivity index (χ0) is 21.1. The van der Waals surface area contributed by atoms with Crippen LogP contribution in [0, 0.1) is 11.3 Å². The molecule has 4 aromatic rings. The number of nitriles is 1. The molecule has 7 nitrogen and oxygen atoms in total. The minimum absolute atomic E-state index is 0.0947. The molecular weight excluding hydrogens is 376 g/mol. The summed E-state index contributed by atoms with van der Waals surface area (Å²) in [6.45, 7) is 1.91.